The summed E-state index contributed by atoms with van der Waals surface area (Å²) in [5.41, 5.74) is 2.76. The Morgan fingerprint density at radius 2 is 1.79 bits per heavy atom. The third-order valence-corrected chi connectivity index (χ3v) is 5.16. The normalized spacial score (nSPS) is 16.2. The maximum absolute atomic E-state index is 13.0. The molecular formula is C23H23FN4O. The van der Waals surface area contributed by atoms with Crippen LogP contribution >= 0.6 is 0 Å². The maximum atomic E-state index is 13.0. The predicted octanol–water partition coefficient (Wildman–Crippen LogP) is 3.93. The topological polar surface area (TPSA) is 58.1 Å². The Bertz CT molecular complexity index is 945. The summed E-state index contributed by atoms with van der Waals surface area (Å²) in [5, 5.41) is 11.6. The summed E-state index contributed by atoms with van der Waals surface area (Å²) in [5.74, 6) is 0.399. The van der Waals surface area contributed by atoms with E-state index in [4.69, 9.17) is 0 Å². The van der Waals surface area contributed by atoms with Gasteiger partial charge in [-0.2, -0.15) is 0 Å². The molecule has 6 heteroatoms. The van der Waals surface area contributed by atoms with Crippen LogP contribution in [-0.4, -0.2) is 40.1 Å². The van der Waals surface area contributed by atoms with Crippen LogP contribution in [0.4, 0.5) is 10.2 Å². The summed E-state index contributed by atoms with van der Waals surface area (Å²) in [6.07, 6.45) is 2.68. The van der Waals surface area contributed by atoms with Crippen LogP contribution in [0.2, 0.25) is 0 Å². The molecule has 1 aliphatic heterocycles. The van der Waals surface area contributed by atoms with Crippen LogP contribution in [0.15, 0.2) is 66.7 Å². The van der Waals surface area contributed by atoms with Gasteiger partial charge in [0.05, 0.1) is 5.69 Å². The van der Waals surface area contributed by atoms with Crippen molar-refractivity contribution >= 4 is 11.7 Å². The van der Waals surface area contributed by atoms with Gasteiger partial charge in [0.25, 0.3) is 0 Å². The minimum absolute atomic E-state index is 0.113. The van der Waals surface area contributed by atoms with E-state index in [9.17, 15) is 9.18 Å². The quantitative estimate of drug-likeness (QED) is 0.664. The number of rotatable bonds is 7. The Hall–Kier alpha value is -3.28. The van der Waals surface area contributed by atoms with Crippen molar-refractivity contribution in [3.05, 3.63) is 78.1 Å². The van der Waals surface area contributed by atoms with E-state index in [2.05, 4.69) is 27.6 Å². The van der Waals surface area contributed by atoms with Crippen molar-refractivity contribution in [2.24, 2.45) is 0 Å². The van der Waals surface area contributed by atoms with Crippen molar-refractivity contribution in [3.8, 4) is 11.3 Å². The molecule has 0 bridgehead atoms. The van der Waals surface area contributed by atoms with Crippen LogP contribution in [0.1, 0.15) is 18.4 Å². The second-order valence-electron chi connectivity index (χ2n) is 7.21. The molecule has 0 spiro atoms. The highest BCUT2D eigenvalue weighted by molar-refractivity contribution is 5.86. The van der Waals surface area contributed by atoms with Crippen LogP contribution < -0.4 is 5.32 Å². The van der Waals surface area contributed by atoms with Crippen molar-refractivity contribution in [2.75, 3.05) is 18.4 Å². The number of amides is 1. The van der Waals surface area contributed by atoms with Gasteiger partial charge >= 0.3 is 0 Å². The second kappa shape index (κ2) is 8.82. The minimum Gasteiger partial charge on any atom is -0.357 e. The summed E-state index contributed by atoms with van der Waals surface area (Å²) < 4.78 is 13.0. The first-order chi connectivity index (χ1) is 14.2. The van der Waals surface area contributed by atoms with Gasteiger partial charge in [-0.3, -0.25) is 4.79 Å². The van der Waals surface area contributed by atoms with E-state index in [1.54, 1.807) is 18.2 Å². The van der Waals surface area contributed by atoms with E-state index < -0.39 is 0 Å². The van der Waals surface area contributed by atoms with E-state index in [0.29, 0.717) is 11.5 Å². The number of nitrogens with one attached hydrogen (secondary N) is 1. The van der Waals surface area contributed by atoms with Gasteiger partial charge in [-0.15, -0.1) is 10.2 Å². The molecule has 0 saturated carbocycles. The number of hydrogen-bond donors (Lipinski definition) is 1. The predicted molar refractivity (Wildman–Crippen MR) is 111 cm³/mol. The Morgan fingerprint density at radius 1 is 1.00 bits per heavy atom. The molecule has 148 valence electrons. The largest absolute Gasteiger partial charge is 0.357 e. The zero-order valence-corrected chi connectivity index (χ0v) is 16.1. The number of aryl methyl sites for hydroxylation is 1. The van der Waals surface area contributed by atoms with Crippen molar-refractivity contribution in [1.29, 1.82) is 0 Å². The molecule has 2 heterocycles. The molecule has 0 aliphatic carbocycles. The molecular weight excluding hydrogens is 367 g/mol. The average molecular weight is 390 g/mol. The highest BCUT2D eigenvalue weighted by atomic mass is 19.1. The molecule has 1 aliphatic rings. The first-order valence-electron chi connectivity index (χ1n) is 9.88. The van der Waals surface area contributed by atoms with Crippen LogP contribution in [0.3, 0.4) is 0 Å². The highest BCUT2D eigenvalue weighted by Crippen LogP contribution is 2.20. The summed E-state index contributed by atoms with van der Waals surface area (Å²) >= 11 is 0. The smallest absolute Gasteiger partial charge is 0.245 e. The van der Waals surface area contributed by atoms with E-state index >= 15 is 0 Å². The SMILES string of the molecule is O=C1C(Nc2ccc(-c3ccc(F)cc3)nn2)CCN1CCCc1ccccc1. The lowest BCUT2D eigenvalue weighted by molar-refractivity contribution is -0.128. The van der Waals surface area contributed by atoms with Gasteiger partial charge in [-0.1, -0.05) is 30.3 Å². The third kappa shape index (κ3) is 4.77. The molecule has 1 unspecified atom stereocenters. The number of carbonyl (C=O) groups is 1. The number of carbonyl (C=O) groups excluding carboxylic acids is 1. The summed E-state index contributed by atoms with van der Waals surface area (Å²) in [7, 11) is 0. The number of benzene rings is 2. The van der Waals surface area contributed by atoms with Crippen LogP contribution in [0, 0.1) is 5.82 Å². The molecule has 0 radical (unpaired) electrons. The second-order valence-corrected chi connectivity index (χ2v) is 7.21. The molecule has 1 aromatic heterocycles. The first kappa shape index (κ1) is 19.1. The van der Waals surface area contributed by atoms with Crippen molar-refractivity contribution in [2.45, 2.75) is 25.3 Å². The van der Waals surface area contributed by atoms with Crippen LogP contribution in [0.5, 0.6) is 0 Å². The lowest BCUT2D eigenvalue weighted by Gasteiger charge is -2.17. The lowest BCUT2D eigenvalue weighted by Crippen LogP contribution is -2.34. The van der Waals surface area contributed by atoms with Crippen molar-refractivity contribution in [3.63, 3.8) is 0 Å². The molecule has 1 amide bonds. The average Bonchev–Trinajstić information content (AvgIpc) is 3.09. The van der Waals surface area contributed by atoms with Crippen LogP contribution in [-0.2, 0) is 11.2 Å². The number of aromatic nitrogens is 2. The maximum Gasteiger partial charge on any atom is 0.245 e. The van der Waals surface area contributed by atoms with Gasteiger partial charge in [0.1, 0.15) is 17.7 Å². The van der Waals surface area contributed by atoms with Crippen molar-refractivity contribution < 1.29 is 9.18 Å². The molecule has 29 heavy (non-hydrogen) atoms. The first-order valence-corrected chi connectivity index (χ1v) is 9.88. The summed E-state index contributed by atoms with van der Waals surface area (Å²) in [4.78, 5) is 14.6. The molecule has 4 rings (SSSR count). The Balaban J connectivity index is 1.29. The van der Waals surface area contributed by atoms with E-state index in [1.807, 2.05) is 29.2 Å². The Morgan fingerprint density at radius 3 is 2.52 bits per heavy atom. The Kier molecular flexibility index (Phi) is 5.79. The number of nitrogens with zero attached hydrogens (tertiary/aromatic N) is 3. The molecule has 3 aromatic rings. The van der Waals surface area contributed by atoms with Gasteiger partial charge < -0.3 is 10.2 Å². The zero-order valence-electron chi connectivity index (χ0n) is 16.1. The summed E-state index contributed by atoms with van der Waals surface area (Å²) in [6.45, 7) is 1.52. The fourth-order valence-corrected chi connectivity index (χ4v) is 3.58. The minimum atomic E-state index is -0.284. The molecule has 5 nitrogen and oxygen atoms in total. The fourth-order valence-electron chi connectivity index (χ4n) is 3.58. The van der Waals surface area contributed by atoms with Gasteiger partial charge in [0, 0.05) is 18.7 Å². The van der Waals surface area contributed by atoms with E-state index in [-0.39, 0.29) is 17.8 Å². The van der Waals surface area contributed by atoms with E-state index in [1.165, 1.54) is 17.7 Å². The highest BCUT2D eigenvalue weighted by Gasteiger charge is 2.31. The van der Waals surface area contributed by atoms with Gasteiger partial charge in [0.15, 0.2) is 0 Å². The van der Waals surface area contributed by atoms with E-state index in [0.717, 1.165) is 37.9 Å². The molecule has 1 N–H and O–H groups in total. The molecule has 1 fully saturated rings. The third-order valence-electron chi connectivity index (χ3n) is 5.16. The number of hydrogen-bond acceptors (Lipinski definition) is 4. The fraction of sp³-hybridized carbons (Fsp3) is 0.261. The molecule has 1 saturated heterocycles. The van der Waals surface area contributed by atoms with Gasteiger partial charge in [-0.25, -0.2) is 4.39 Å². The monoisotopic (exact) mass is 390 g/mol. The number of anilines is 1. The Labute approximate surface area is 169 Å². The lowest BCUT2D eigenvalue weighted by atomic mass is 10.1. The van der Waals surface area contributed by atoms with Gasteiger partial charge in [0.2, 0.25) is 5.91 Å². The summed E-state index contributed by atoms with van der Waals surface area (Å²) in [6, 6.07) is 19.8. The van der Waals surface area contributed by atoms with Crippen molar-refractivity contribution in [1.82, 2.24) is 15.1 Å². The van der Waals surface area contributed by atoms with Crippen LogP contribution in [0.25, 0.3) is 11.3 Å². The standard InChI is InChI=1S/C23H23FN4O/c24-19-10-8-18(9-11-19)20-12-13-22(27-26-20)25-21-14-16-28(23(21)29)15-4-7-17-5-2-1-3-6-17/h1-3,5-6,8-13,21H,4,7,14-16H2,(H,25,27). The zero-order chi connectivity index (χ0) is 20.1. The molecule has 1 atom stereocenters. The number of likely N-dealkylation sites (tertiary alicyclic amines) is 1. The number of halogens is 1. The van der Waals surface area contributed by atoms with Gasteiger partial charge in [-0.05, 0) is 61.2 Å². The molecule has 2 aromatic carbocycles.